The number of hydrogen-bond donors (Lipinski definition) is 1. The molecule has 0 fully saturated rings. The van der Waals surface area contributed by atoms with Crippen molar-refractivity contribution in [2.24, 2.45) is 0 Å². The molecule has 0 aromatic heterocycles. The fourth-order valence-corrected chi connectivity index (χ4v) is 2.95. The van der Waals surface area contributed by atoms with Crippen molar-refractivity contribution in [3.63, 3.8) is 0 Å². The van der Waals surface area contributed by atoms with Crippen LogP contribution in [0, 0.1) is 0 Å². The summed E-state index contributed by atoms with van der Waals surface area (Å²) >= 11 is 6.27. The summed E-state index contributed by atoms with van der Waals surface area (Å²) in [5, 5.41) is 3.33. The Kier molecular flexibility index (Phi) is 5.89. The SMILES string of the molecule is CC(C)Oc1ccc(NC(=O)Cc2cc(Cl)c3c(c2)OCCCO3)cc1. The molecule has 0 saturated carbocycles. The summed E-state index contributed by atoms with van der Waals surface area (Å²) in [4.78, 5) is 12.3. The van der Waals surface area contributed by atoms with E-state index >= 15 is 0 Å². The molecule has 2 aromatic carbocycles. The van der Waals surface area contributed by atoms with Crippen LogP contribution in [0.3, 0.4) is 0 Å². The molecule has 0 unspecified atom stereocenters. The molecule has 5 nitrogen and oxygen atoms in total. The molecule has 1 aliphatic rings. The second-order valence-corrected chi connectivity index (χ2v) is 6.78. The number of carbonyl (C=O) groups is 1. The Balaban J connectivity index is 1.64. The Morgan fingerprint density at radius 1 is 1.19 bits per heavy atom. The molecule has 0 spiro atoms. The lowest BCUT2D eigenvalue weighted by Crippen LogP contribution is -2.14. The van der Waals surface area contributed by atoms with Gasteiger partial charge in [-0.3, -0.25) is 4.79 Å². The number of hydrogen-bond acceptors (Lipinski definition) is 4. The van der Waals surface area contributed by atoms with Crippen LogP contribution in [0.5, 0.6) is 17.2 Å². The Morgan fingerprint density at radius 2 is 1.92 bits per heavy atom. The van der Waals surface area contributed by atoms with Crippen molar-refractivity contribution in [3.05, 3.63) is 47.0 Å². The first-order valence-corrected chi connectivity index (χ1v) is 9.03. The quantitative estimate of drug-likeness (QED) is 0.837. The van der Waals surface area contributed by atoms with Gasteiger partial charge in [0.15, 0.2) is 11.5 Å². The van der Waals surface area contributed by atoms with Crippen LogP contribution in [-0.2, 0) is 11.2 Å². The molecular formula is C20H22ClNO4. The van der Waals surface area contributed by atoms with Crippen molar-refractivity contribution in [3.8, 4) is 17.2 Å². The zero-order valence-electron chi connectivity index (χ0n) is 14.9. The number of fused-ring (bicyclic) bond motifs is 1. The highest BCUT2D eigenvalue weighted by Gasteiger charge is 2.17. The minimum Gasteiger partial charge on any atom is -0.491 e. The highest BCUT2D eigenvalue weighted by Crippen LogP contribution is 2.38. The zero-order chi connectivity index (χ0) is 18.5. The molecule has 0 saturated heterocycles. The molecule has 0 bridgehead atoms. The Morgan fingerprint density at radius 3 is 2.65 bits per heavy atom. The van der Waals surface area contributed by atoms with E-state index in [0.29, 0.717) is 35.4 Å². The molecule has 0 radical (unpaired) electrons. The molecule has 1 heterocycles. The summed E-state index contributed by atoms with van der Waals surface area (Å²) < 4.78 is 16.9. The normalized spacial score (nSPS) is 13.2. The van der Waals surface area contributed by atoms with Crippen molar-refractivity contribution in [2.45, 2.75) is 32.8 Å². The van der Waals surface area contributed by atoms with Gasteiger partial charge in [-0.05, 0) is 55.8 Å². The highest BCUT2D eigenvalue weighted by molar-refractivity contribution is 6.32. The van der Waals surface area contributed by atoms with Crippen LogP contribution in [0.25, 0.3) is 0 Å². The summed E-state index contributed by atoms with van der Waals surface area (Å²) in [6.07, 6.45) is 1.11. The van der Waals surface area contributed by atoms with Gasteiger partial charge in [-0.15, -0.1) is 0 Å². The monoisotopic (exact) mass is 375 g/mol. The Labute approximate surface area is 158 Å². The van der Waals surface area contributed by atoms with Gasteiger partial charge in [-0.25, -0.2) is 0 Å². The lowest BCUT2D eigenvalue weighted by atomic mass is 10.1. The summed E-state index contributed by atoms with van der Waals surface area (Å²) in [5.74, 6) is 1.78. The first kappa shape index (κ1) is 18.4. The van der Waals surface area contributed by atoms with Crippen LogP contribution in [0.2, 0.25) is 5.02 Å². The van der Waals surface area contributed by atoms with E-state index in [9.17, 15) is 4.79 Å². The Hall–Kier alpha value is -2.40. The predicted molar refractivity (Wildman–Crippen MR) is 102 cm³/mol. The lowest BCUT2D eigenvalue weighted by molar-refractivity contribution is -0.115. The number of halogens is 1. The van der Waals surface area contributed by atoms with Crippen LogP contribution >= 0.6 is 11.6 Å². The van der Waals surface area contributed by atoms with E-state index in [1.807, 2.05) is 44.2 Å². The fourth-order valence-electron chi connectivity index (χ4n) is 2.67. The Bertz CT molecular complexity index is 774. The third kappa shape index (κ3) is 4.82. The number of nitrogens with one attached hydrogen (secondary N) is 1. The van der Waals surface area contributed by atoms with E-state index in [4.69, 9.17) is 25.8 Å². The van der Waals surface area contributed by atoms with Crippen molar-refractivity contribution in [1.29, 1.82) is 0 Å². The van der Waals surface area contributed by atoms with Gasteiger partial charge in [0, 0.05) is 12.1 Å². The molecule has 0 atom stereocenters. The maximum atomic E-state index is 12.3. The van der Waals surface area contributed by atoms with E-state index in [1.165, 1.54) is 0 Å². The lowest BCUT2D eigenvalue weighted by Gasteiger charge is -2.12. The minimum absolute atomic E-state index is 0.111. The largest absolute Gasteiger partial charge is 0.491 e. The van der Waals surface area contributed by atoms with Gasteiger partial charge in [-0.1, -0.05) is 11.6 Å². The maximum absolute atomic E-state index is 12.3. The molecule has 1 amide bonds. The molecule has 3 rings (SSSR count). The van der Waals surface area contributed by atoms with Gasteiger partial charge in [0.2, 0.25) is 5.91 Å². The van der Waals surface area contributed by atoms with E-state index in [2.05, 4.69) is 5.32 Å². The van der Waals surface area contributed by atoms with Gasteiger partial charge < -0.3 is 19.5 Å². The fraction of sp³-hybridized carbons (Fsp3) is 0.350. The van der Waals surface area contributed by atoms with Crippen molar-refractivity contribution in [2.75, 3.05) is 18.5 Å². The van der Waals surface area contributed by atoms with E-state index in [-0.39, 0.29) is 18.4 Å². The average molecular weight is 376 g/mol. The molecule has 26 heavy (non-hydrogen) atoms. The number of rotatable bonds is 5. The van der Waals surface area contributed by atoms with Crippen LogP contribution in [0.1, 0.15) is 25.8 Å². The van der Waals surface area contributed by atoms with Gasteiger partial charge in [-0.2, -0.15) is 0 Å². The predicted octanol–water partition coefficient (Wildman–Crippen LogP) is 4.47. The van der Waals surface area contributed by atoms with Gasteiger partial charge in [0.25, 0.3) is 0 Å². The molecule has 1 N–H and O–H groups in total. The number of benzene rings is 2. The molecular weight excluding hydrogens is 354 g/mol. The average Bonchev–Trinajstić information content (AvgIpc) is 2.82. The van der Waals surface area contributed by atoms with Crippen LogP contribution in [0.4, 0.5) is 5.69 Å². The third-order valence-electron chi connectivity index (χ3n) is 3.74. The van der Waals surface area contributed by atoms with E-state index in [1.54, 1.807) is 6.07 Å². The molecule has 1 aliphatic heterocycles. The number of carbonyl (C=O) groups excluding carboxylic acids is 1. The minimum atomic E-state index is -0.131. The number of ether oxygens (including phenoxy) is 3. The van der Waals surface area contributed by atoms with Gasteiger partial charge in [0.1, 0.15) is 5.75 Å². The van der Waals surface area contributed by atoms with E-state index in [0.717, 1.165) is 17.7 Å². The molecule has 0 aliphatic carbocycles. The summed E-state index contributed by atoms with van der Waals surface area (Å²) in [6.45, 7) is 5.08. The summed E-state index contributed by atoms with van der Waals surface area (Å²) in [6, 6.07) is 10.9. The zero-order valence-corrected chi connectivity index (χ0v) is 15.6. The number of amides is 1. The summed E-state index contributed by atoms with van der Waals surface area (Å²) in [7, 11) is 0. The van der Waals surface area contributed by atoms with Crippen LogP contribution in [0.15, 0.2) is 36.4 Å². The van der Waals surface area contributed by atoms with Crippen LogP contribution in [-0.4, -0.2) is 25.2 Å². The maximum Gasteiger partial charge on any atom is 0.228 e. The molecule has 138 valence electrons. The van der Waals surface area contributed by atoms with Gasteiger partial charge in [0.05, 0.1) is 30.8 Å². The first-order valence-electron chi connectivity index (χ1n) is 8.66. The van der Waals surface area contributed by atoms with Crippen LogP contribution < -0.4 is 19.5 Å². The van der Waals surface area contributed by atoms with Gasteiger partial charge >= 0.3 is 0 Å². The second kappa shape index (κ2) is 8.32. The van der Waals surface area contributed by atoms with E-state index < -0.39 is 0 Å². The number of anilines is 1. The summed E-state index contributed by atoms with van der Waals surface area (Å²) in [5.41, 5.74) is 1.49. The highest BCUT2D eigenvalue weighted by atomic mass is 35.5. The molecule has 6 heteroatoms. The van der Waals surface area contributed by atoms with Crippen molar-refractivity contribution < 1.29 is 19.0 Å². The first-order chi connectivity index (χ1) is 12.5. The topological polar surface area (TPSA) is 56.8 Å². The molecule has 2 aromatic rings. The second-order valence-electron chi connectivity index (χ2n) is 6.37. The van der Waals surface area contributed by atoms with Crippen molar-refractivity contribution in [1.82, 2.24) is 0 Å². The van der Waals surface area contributed by atoms with Crippen molar-refractivity contribution >= 4 is 23.2 Å². The third-order valence-corrected chi connectivity index (χ3v) is 4.02. The standard InChI is InChI=1S/C20H22ClNO4/c1-13(2)26-16-6-4-15(5-7-16)22-19(23)12-14-10-17(21)20-18(11-14)24-8-3-9-25-20/h4-7,10-11,13H,3,8-9,12H2,1-2H3,(H,22,23). The smallest absolute Gasteiger partial charge is 0.228 e.